The van der Waals surface area contributed by atoms with E-state index >= 15 is 0 Å². The van der Waals surface area contributed by atoms with E-state index in [4.69, 9.17) is 4.74 Å². The minimum atomic E-state index is -0.502. The summed E-state index contributed by atoms with van der Waals surface area (Å²) in [6.45, 7) is 6.20. The number of amides is 2. The van der Waals surface area contributed by atoms with Crippen LogP contribution in [0.25, 0.3) is 0 Å². The number of nitrogens with zero attached hydrogens (tertiary/aromatic N) is 2. The molecule has 1 heterocycles. The van der Waals surface area contributed by atoms with Crippen molar-refractivity contribution in [2.75, 3.05) is 11.9 Å². The predicted octanol–water partition coefficient (Wildman–Crippen LogP) is 3.69. The molecule has 1 aromatic heterocycles. The molecule has 8 nitrogen and oxygen atoms in total. The fourth-order valence-electron chi connectivity index (χ4n) is 3.55. The molecule has 0 fully saturated rings. The van der Waals surface area contributed by atoms with Crippen LogP contribution in [0.3, 0.4) is 0 Å². The molecular formula is C27H28N4O4. The summed E-state index contributed by atoms with van der Waals surface area (Å²) < 4.78 is 6.82. The molecule has 0 aliphatic rings. The number of carbonyl (C=O) groups excluding carboxylic acids is 2. The van der Waals surface area contributed by atoms with Gasteiger partial charge in [0, 0.05) is 23.5 Å². The first-order valence-electron chi connectivity index (χ1n) is 11.3. The molecule has 0 aliphatic heterocycles. The van der Waals surface area contributed by atoms with Crippen LogP contribution in [-0.2, 0) is 17.9 Å². The Morgan fingerprint density at radius 1 is 1.09 bits per heavy atom. The van der Waals surface area contributed by atoms with Crippen molar-refractivity contribution < 1.29 is 14.3 Å². The average Bonchev–Trinajstić information content (AvgIpc) is 2.84. The second-order valence-electron chi connectivity index (χ2n) is 8.15. The van der Waals surface area contributed by atoms with Crippen LogP contribution in [0, 0.1) is 25.2 Å². The number of nitriles is 1. The van der Waals surface area contributed by atoms with Crippen molar-refractivity contribution in [1.82, 2.24) is 9.88 Å². The lowest BCUT2D eigenvalue weighted by atomic mass is 10.1. The monoisotopic (exact) mass is 472 g/mol. The average molecular weight is 473 g/mol. The quantitative estimate of drug-likeness (QED) is 0.493. The van der Waals surface area contributed by atoms with Crippen LogP contribution in [0.2, 0.25) is 0 Å². The Labute approximate surface area is 204 Å². The molecule has 0 unspecified atom stereocenters. The number of aromatic nitrogens is 1. The van der Waals surface area contributed by atoms with Crippen LogP contribution in [0.1, 0.15) is 46.1 Å². The summed E-state index contributed by atoms with van der Waals surface area (Å²) in [5.41, 5.74) is 2.43. The van der Waals surface area contributed by atoms with Crippen molar-refractivity contribution >= 4 is 17.5 Å². The maximum absolute atomic E-state index is 12.6. The van der Waals surface area contributed by atoms with Gasteiger partial charge in [-0.1, -0.05) is 25.1 Å². The topological polar surface area (TPSA) is 113 Å². The van der Waals surface area contributed by atoms with Crippen molar-refractivity contribution in [2.45, 2.75) is 40.3 Å². The van der Waals surface area contributed by atoms with Crippen molar-refractivity contribution in [3.63, 3.8) is 0 Å². The Morgan fingerprint density at radius 3 is 2.51 bits per heavy atom. The van der Waals surface area contributed by atoms with Crippen LogP contribution in [0.5, 0.6) is 5.75 Å². The van der Waals surface area contributed by atoms with E-state index in [0.29, 0.717) is 35.7 Å². The van der Waals surface area contributed by atoms with Gasteiger partial charge in [-0.2, -0.15) is 5.26 Å². The summed E-state index contributed by atoms with van der Waals surface area (Å²) in [5.74, 6) is 0.0693. The maximum Gasteiger partial charge on any atom is 0.269 e. The number of hydrogen-bond acceptors (Lipinski definition) is 5. The number of carbonyl (C=O) groups is 2. The van der Waals surface area contributed by atoms with E-state index < -0.39 is 11.5 Å². The molecule has 0 aliphatic carbocycles. The van der Waals surface area contributed by atoms with Gasteiger partial charge in [0.25, 0.3) is 11.5 Å². The number of ether oxygens (including phenoxy) is 1. The van der Waals surface area contributed by atoms with Gasteiger partial charge < -0.3 is 19.9 Å². The summed E-state index contributed by atoms with van der Waals surface area (Å²) in [5, 5.41) is 14.8. The first kappa shape index (κ1) is 25.2. The van der Waals surface area contributed by atoms with Gasteiger partial charge in [-0.25, -0.2) is 0 Å². The number of hydrogen-bond donors (Lipinski definition) is 2. The third-order valence-corrected chi connectivity index (χ3v) is 5.38. The summed E-state index contributed by atoms with van der Waals surface area (Å²) in [7, 11) is 0. The Balaban J connectivity index is 1.62. The number of nitrogens with one attached hydrogen (secondary N) is 2. The molecule has 2 N–H and O–H groups in total. The Bertz CT molecular complexity index is 1320. The number of aryl methyl sites for hydroxylation is 2. The first-order chi connectivity index (χ1) is 16.8. The molecule has 35 heavy (non-hydrogen) atoms. The molecule has 3 rings (SSSR count). The molecule has 0 saturated carbocycles. The molecule has 2 amide bonds. The van der Waals surface area contributed by atoms with Crippen molar-refractivity contribution in [2.24, 2.45) is 0 Å². The molecule has 3 aromatic rings. The van der Waals surface area contributed by atoms with E-state index in [1.807, 2.05) is 37.3 Å². The van der Waals surface area contributed by atoms with Gasteiger partial charge in [0.15, 0.2) is 0 Å². The highest BCUT2D eigenvalue weighted by atomic mass is 16.5. The predicted molar refractivity (Wildman–Crippen MR) is 133 cm³/mol. The molecule has 8 heteroatoms. The molecule has 0 atom stereocenters. The normalized spacial score (nSPS) is 10.3. The summed E-state index contributed by atoms with van der Waals surface area (Å²) in [6, 6.07) is 17.7. The van der Waals surface area contributed by atoms with Crippen LogP contribution in [0.4, 0.5) is 5.69 Å². The van der Waals surface area contributed by atoms with E-state index in [1.165, 1.54) is 4.57 Å². The van der Waals surface area contributed by atoms with Crippen molar-refractivity contribution in [1.29, 1.82) is 5.26 Å². The fraction of sp³-hybridized carbons (Fsp3) is 0.259. The van der Waals surface area contributed by atoms with Crippen molar-refractivity contribution in [3.8, 4) is 11.8 Å². The maximum atomic E-state index is 12.6. The Morgan fingerprint density at radius 2 is 1.83 bits per heavy atom. The number of anilines is 1. The lowest BCUT2D eigenvalue weighted by Crippen LogP contribution is -2.31. The van der Waals surface area contributed by atoms with Gasteiger partial charge in [0.05, 0.1) is 6.61 Å². The van der Waals surface area contributed by atoms with Gasteiger partial charge >= 0.3 is 0 Å². The lowest BCUT2D eigenvalue weighted by Gasteiger charge is -2.13. The molecule has 0 radical (unpaired) electrons. The van der Waals surface area contributed by atoms with Crippen LogP contribution < -0.4 is 20.9 Å². The smallest absolute Gasteiger partial charge is 0.269 e. The highest BCUT2D eigenvalue weighted by Crippen LogP contribution is 2.14. The van der Waals surface area contributed by atoms with Gasteiger partial charge in [-0.15, -0.1) is 0 Å². The van der Waals surface area contributed by atoms with Crippen LogP contribution >= 0.6 is 0 Å². The molecule has 180 valence electrons. The summed E-state index contributed by atoms with van der Waals surface area (Å²) in [6.07, 6.45) is 0.934. The van der Waals surface area contributed by atoms with Gasteiger partial charge in [-0.05, 0) is 67.8 Å². The molecule has 0 spiro atoms. The largest absolute Gasteiger partial charge is 0.494 e. The first-order valence-corrected chi connectivity index (χ1v) is 11.3. The van der Waals surface area contributed by atoms with E-state index in [1.54, 1.807) is 44.2 Å². The standard InChI is InChI=1S/C27H28N4O4/c1-4-12-35-23-10-8-20(9-11-23)16-29-26(33)21-6-5-7-22(14-21)30-25(32)17-31-19(3)13-18(2)24(15-28)27(31)34/h5-11,13-14H,4,12,16-17H2,1-3H3,(H,29,33)(H,30,32). The summed E-state index contributed by atoms with van der Waals surface area (Å²) in [4.78, 5) is 37.7. The highest BCUT2D eigenvalue weighted by Gasteiger charge is 2.14. The number of benzene rings is 2. The zero-order valence-corrected chi connectivity index (χ0v) is 20.1. The molecule has 2 aromatic carbocycles. The van der Waals surface area contributed by atoms with Gasteiger partial charge in [0.1, 0.15) is 23.9 Å². The van der Waals surface area contributed by atoms with E-state index in [-0.39, 0.29) is 18.0 Å². The zero-order valence-electron chi connectivity index (χ0n) is 20.1. The second-order valence-corrected chi connectivity index (χ2v) is 8.15. The number of pyridine rings is 1. The van der Waals surface area contributed by atoms with Gasteiger partial charge in [0.2, 0.25) is 5.91 Å². The van der Waals surface area contributed by atoms with Gasteiger partial charge in [-0.3, -0.25) is 14.4 Å². The van der Waals surface area contributed by atoms with Crippen molar-refractivity contribution in [3.05, 3.63) is 92.9 Å². The number of rotatable bonds is 9. The minimum absolute atomic E-state index is 0.0187. The van der Waals surface area contributed by atoms with Crippen LogP contribution in [0.15, 0.2) is 59.4 Å². The Hall–Kier alpha value is -4.38. The van der Waals surface area contributed by atoms with E-state index in [9.17, 15) is 19.6 Å². The fourth-order valence-corrected chi connectivity index (χ4v) is 3.55. The molecular weight excluding hydrogens is 444 g/mol. The van der Waals surface area contributed by atoms with E-state index in [2.05, 4.69) is 10.6 Å². The van der Waals surface area contributed by atoms with Crippen LogP contribution in [-0.4, -0.2) is 23.0 Å². The van der Waals surface area contributed by atoms with E-state index in [0.717, 1.165) is 17.7 Å². The lowest BCUT2D eigenvalue weighted by molar-refractivity contribution is -0.116. The molecule has 0 saturated heterocycles. The zero-order chi connectivity index (χ0) is 25.4. The summed E-state index contributed by atoms with van der Waals surface area (Å²) >= 11 is 0. The Kier molecular flexibility index (Phi) is 8.41. The third-order valence-electron chi connectivity index (χ3n) is 5.38. The minimum Gasteiger partial charge on any atom is -0.494 e. The SMILES string of the molecule is CCCOc1ccc(CNC(=O)c2cccc(NC(=O)Cn3c(C)cc(C)c(C#N)c3=O)c2)cc1. The molecule has 0 bridgehead atoms. The third kappa shape index (κ3) is 6.58. The highest BCUT2D eigenvalue weighted by molar-refractivity contribution is 5.97. The second kappa shape index (κ2) is 11.7.